The second-order valence-electron chi connectivity index (χ2n) is 13.4. The molecule has 0 radical (unpaired) electrons. The lowest BCUT2D eigenvalue weighted by Crippen LogP contribution is -2.07. The number of hydrogen-bond donors (Lipinski definition) is 0. The number of nitrogens with zero attached hydrogens (tertiary/aromatic N) is 3. The van der Waals surface area contributed by atoms with Crippen molar-refractivity contribution >= 4 is 53.5 Å². The molecular weight excluding hydrogens is 733 g/mol. The van der Waals surface area contributed by atoms with E-state index in [2.05, 4.69) is 0 Å². The first-order chi connectivity index (χ1) is 27.2. The summed E-state index contributed by atoms with van der Waals surface area (Å²) in [7, 11) is 11.8. The monoisotopic (exact) mass is 777 g/mol. The first kappa shape index (κ1) is 43.3. The van der Waals surface area contributed by atoms with Crippen LogP contribution in [-0.4, -0.2) is 42.3 Å². The molecule has 0 heterocycles. The molecule has 6 rings (SSSR count). The predicted octanol–water partition coefficient (Wildman–Crippen LogP) is 12.6. The molecule has 0 saturated heterocycles. The molecule has 294 valence electrons. The number of hydrogen-bond acceptors (Lipinski definition) is 3. The molecule has 0 aliphatic carbocycles. The summed E-state index contributed by atoms with van der Waals surface area (Å²) in [6.07, 6.45) is 10.1. The third-order valence-corrected chi connectivity index (χ3v) is 8.50. The van der Waals surface area contributed by atoms with Crippen molar-refractivity contribution in [3.05, 3.63) is 196 Å². The van der Waals surface area contributed by atoms with Crippen LogP contribution in [0.3, 0.4) is 0 Å². The minimum Gasteiger partial charge on any atom is -0.378 e. The molecule has 0 fully saturated rings. The number of rotatable bonds is 9. The lowest BCUT2D eigenvalue weighted by atomic mass is 10.1. The lowest BCUT2D eigenvalue weighted by molar-refractivity contribution is 0.507. The van der Waals surface area contributed by atoms with Crippen LogP contribution in [0.15, 0.2) is 127 Å². The van der Waals surface area contributed by atoms with E-state index in [1.165, 1.54) is 24.3 Å². The summed E-state index contributed by atoms with van der Waals surface area (Å²) < 4.78 is 79.1. The number of anilines is 3. The molecule has 0 amide bonds. The quantitative estimate of drug-likeness (QED) is 0.107. The molecular formula is C48H45F6N3. The summed E-state index contributed by atoms with van der Waals surface area (Å²) in [6.45, 7) is 0. The van der Waals surface area contributed by atoms with Gasteiger partial charge in [-0.2, -0.15) is 0 Å². The number of benzene rings is 6. The van der Waals surface area contributed by atoms with E-state index in [9.17, 15) is 26.3 Å². The Morgan fingerprint density at radius 1 is 0.333 bits per heavy atom. The first-order valence-electron chi connectivity index (χ1n) is 17.9. The van der Waals surface area contributed by atoms with Gasteiger partial charge in [0.25, 0.3) is 0 Å². The Morgan fingerprint density at radius 3 is 1.18 bits per heavy atom. The van der Waals surface area contributed by atoms with E-state index in [0.717, 1.165) is 58.0 Å². The molecule has 0 aliphatic rings. The molecule has 0 bridgehead atoms. The highest BCUT2D eigenvalue weighted by Gasteiger charge is 2.05. The molecule has 6 aromatic carbocycles. The third-order valence-electron chi connectivity index (χ3n) is 8.50. The molecule has 0 spiro atoms. The van der Waals surface area contributed by atoms with Crippen LogP contribution in [0.4, 0.5) is 43.4 Å². The molecule has 0 aromatic heterocycles. The van der Waals surface area contributed by atoms with Crippen LogP contribution in [0.5, 0.6) is 0 Å². The van der Waals surface area contributed by atoms with Gasteiger partial charge in [0.1, 0.15) is 23.3 Å². The average molecular weight is 778 g/mol. The van der Waals surface area contributed by atoms with Gasteiger partial charge >= 0.3 is 0 Å². The fraction of sp³-hybridized carbons (Fsp3) is 0.125. The lowest BCUT2D eigenvalue weighted by Gasteiger charge is -2.11. The minimum absolute atomic E-state index is 0.247. The molecule has 0 aliphatic heterocycles. The van der Waals surface area contributed by atoms with Gasteiger partial charge in [0, 0.05) is 82.1 Å². The van der Waals surface area contributed by atoms with Crippen molar-refractivity contribution in [2.75, 3.05) is 57.0 Å². The van der Waals surface area contributed by atoms with E-state index in [-0.39, 0.29) is 11.1 Å². The summed E-state index contributed by atoms with van der Waals surface area (Å²) >= 11 is 0. The van der Waals surface area contributed by atoms with Crippen molar-refractivity contribution in [2.24, 2.45) is 0 Å². The average Bonchev–Trinajstić information content (AvgIpc) is 3.19. The molecule has 0 unspecified atom stereocenters. The van der Waals surface area contributed by atoms with Crippen molar-refractivity contribution in [3.63, 3.8) is 0 Å². The Kier molecular flexibility index (Phi) is 15.9. The van der Waals surface area contributed by atoms with E-state index in [1.54, 1.807) is 42.5 Å². The van der Waals surface area contributed by atoms with Crippen LogP contribution in [0.2, 0.25) is 0 Å². The molecule has 0 N–H and O–H groups in total. The van der Waals surface area contributed by atoms with Gasteiger partial charge in [-0.05, 0) is 89.5 Å². The van der Waals surface area contributed by atoms with E-state index in [4.69, 9.17) is 0 Å². The smallest absolute Gasteiger partial charge is 0.166 e. The largest absolute Gasteiger partial charge is 0.378 e. The first-order valence-corrected chi connectivity index (χ1v) is 17.9. The zero-order valence-corrected chi connectivity index (χ0v) is 32.7. The SMILES string of the molecule is CN(C)c1ccc(/C=C/c2cc(F)ccc2F)cc1.CN(C)c1ccc(/C=C/c2ccc(F)cc2F)cc1.CN(C)c1ccc(/C=C/c2cccc(F)c2F)cc1. The normalized spacial score (nSPS) is 10.9. The summed E-state index contributed by atoms with van der Waals surface area (Å²) in [5.74, 6) is -3.63. The van der Waals surface area contributed by atoms with Gasteiger partial charge in [0.15, 0.2) is 11.6 Å². The van der Waals surface area contributed by atoms with Crippen LogP contribution < -0.4 is 14.7 Å². The molecule has 9 heteroatoms. The Balaban J connectivity index is 0.000000189. The summed E-state index contributed by atoms with van der Waals surface area (Å²) in [6, 6.07) is 34.6. The second-order valence-corrected chi connectivity index (χ2v) is 13.4. The molecule has 0 saturated carbocycles. The highest BCUT2D eigenvalue weighted by atomic mass is 19.2. The Bertz CT molecular complexity index is 2220. The van der Waals surface area contributed by atoms with Gasteiger partial charge in [-0.25, -0.2) is 26.3 Å². The summed E-state index contributed by atoms with van der Waals surface area (Å²) in [4.78, 5) is 6.01. The van der Waals surface area contributed by atoms with Gasteiger partial charge in [0.2, 0.25) is 0 Å². The molecule has 0 atom stereocenters. The Hall–Kier alpha value is -6.48. The maximum atomic E-state index is 13.4. The Labute approximate surface area is 331 Å². The second kappa shape index (κ2) is 21.0. The molecule has 57 heavy (non-hydrogen) atoms. The fourth-order valence-corrected chi connectivity index (χ4v) is 5.14. The number of halogens is 6. The van der Waals surface area contributed by atoms with Gasteiger partial charge in [-0.15, -0.1) is 0 Å². The van der Waals surface area contributed by atoms with Crippen molar-refractivity contribution in [1.29, 1.82) is 0 Å². The van der Waals surface area contributed by atoms with Gasteiger partial charge in [-0.1, -0.05) is 85.0 Å². The predicted molar refractivity (Wildman–Crippen MR) is 228 cm³/mol. The van der Waals surface area contributed by atoms with E-state index >= 15 is 0 Å². The zero-order chi connectivity index (χ0) is 41.5. The van der Waals surface area contributed by atoms with Crippen LogP contribution in [-0.2, 0) is 0 Å². The summed E-state index contributed by atoms with van der Waals surface area (Å²) in [5.41, 5.74) is 7.00. The van der Waals surface area contributed by atoms with E-state index in [1.807, 2.05) is 130 Å². The van der Waals surface area contributed by atoms with Crippen LogP contribution >= 0.6 is 0 Å². The highest BCUT2D eigenvalue weighted by Crippen LogP contribution is 2.20. The third kappa shape index (κ3) is 13.6. The van der Waals surface area contributed by atoms with E-state index in [0.29, 0.717) is 5.56 Å². The van der Waals surface area contributed by atoms with Crippen molar-refractivity contribution in [2.45, 2.75) is 0 Å². The zero-order valence-electron chi connectivity index (χ0n) is 32.7. The van der Waals surface area contributed by atoms with Crippen LogP contribution in [0, 0.1) is 34.9 Å². The van der Waals surface area contributed by atoms with Crippen LogP contribution in [0.1, 0.15) is 33.4 Å². The summed E-state index contributed by atoms with van der Waals surface area (Å²) in [5, 5.41) is 0. The van der Waals surface area contributed by atoms with E-state index < -0.39 is 34.9 Å². The fourth-order valence-electron chi connectivity index (χ4n) is 5.14. The highest BCUT2D eigenvalue weighted by molar-refractivity contribution is 5.72. The minimum atomic E-state index is -0.829. The maximum absolute atomic E-state index is 13.4. The van der Waals surface area contributed by atoms with Crippen molar-refractivity contribution < 1.29 is 26.3 Å². The van der Waals surface area contributed by atoms with Crippen LogP contribution in [0.25, 0.3) is 36.5 Å². The van der Waals surface area contributed by atoms with Gasteiger partial charge < -0.3 is 14.7 Å². The maximum Gasteiger partial charge on any atom is 0.166 e. The van der Waals surface area contributed by atoms with Crippen molar-refractivity contribution in [3.8, 4) is 0 Å². The van der Waals surface area contributed by atoms with Crippen molar-refractivity contribution in [1.82, 2.24) is 0 Å². The van der Waals surface area contributed by atoms with Gasteiger partial charge in [-0.3, -0.25) is 0 Å². The molecule has 6 aromatic rings. The van der Waals surface area contributed by atoms with Gasteiger partial charge in [0.05, 0.1) is 0 Å². The standard InChI is InChI=1S/3C16H15F2N/c1-19(2)15-9-4-12(5-10-15)3-6-13-7-8-14(17)11-16(13)18;1-19(2)15-8-4-12(5-9-15)3-6-13-11-14(17)7-10-16(13)18;1-19(2)14-10-7-12(8-11-14)6-9-13-4-3-5-15(17)16(13)18/h3*3-11H,1-2H3/b2*6-3+;9-6+. The Morgan fingerprint density at radius 2 is 0.737 bits per heavy atom. The molecule has 3 nitrogen and oxygen atoms in total. The topological polar surface area (TPSA) is 9.72 Å².